The molecule has 1 amide bonds. The Labute approximate surface area is 163 Å². The number of carbonyl (C=O) groups is 1. The molecule has 0 aliphatic carbocycles. The number of halogens is 3. The molecule has 3 rings (SSSR count). The number of fused-ring (bicyclic) bond motifs is 1. The number of nitrogens with two attached hydrogens (primary N) is 1. The fourth-order valence-corrected chi connectivity index (χ4v) is 3.65. The number of aromatic nitrogens is 3. The average molecular weight is 449 g/mol. The highest BCUT2D eigenvalue weighted by atomic mass is 32.2. The topological polar surface area (TPSA) is 146 Å². The Morgan fingerprint density at radius 3 is 2.48 bits per heavy atom. The van der Waals surface area contributed by atoms with Gasteiger partial charge in [0.1, 0.15) is 5.69 Å². The monoisotopic (exact) mass is 449 g/mol. The number of benzene rings is 1. The first kappa shape index (κ1) is 20.7. The molecule has 29 heavy (non-hydrogen) atoms. The van der Waals surface area contributed by atoms with Crippen molar-refractivity contribution in [2.75, 3.05) is 0 Å². The first-order valence-electron chi connectivity index (χ1n) is 7.44. The lowest BCUT2D eigenvalue weighted by Crippen LogP contribution is -2.40. The van der Waals surface area contributed by atoms with Gasteiger partial charge in [0.2, 0.25) is 0 Å². The fourth-order valence-electron chi connectivity index (χ4n) is 2.54. The summed E-state index contributed by atoms with van der Waals surface area (Å²) in [6, 6.07) is 4.08. The largest absolute Gasteiger partial charge is 0.431 e. The van der Waals surface area contributed by atoms with Crippen LogP contribution in [0, 0.1) is 0 Å². The van der Waals surface area contributed by atoms with Crippen LogP contribution in [0.1, 0.15) is 16.2 Å². The van der Waals surface area contributed by atoms with Crippen molar-refractivity contribution in [3.8, 4) is 5.69 Å². The van der Waals surface area contributed by atoms with Crippen LogP contribution >= 0.6 is 11.5 Å². The Hall–Kier alpha value is -3.04. The molecule has 3 aromatic rings. The summed E-state index contributed by atoms with van der Waals surface area (Å²) >= 11 is 0.824. The third-order valence-electron chi connectivity index (χ3n) is 3.77. The minimum absolute atomic E-state index is 0.0718. The zero-order chi connectivity index (χ0) is 21.7. The average Bonchev–Trinajstić information content (AvgIpc) is 2.99. The van der Waals surface area contributed by atoms with Gasteiger partial charge in [-0.3, -0.25) is 14.2 Å². The summed E-state index contributed by atoms with van der Waals surface area (Å²) in [4.78, 5) is 36.6. The van der Waals surface area contributed by atoms with E-state index in [1.54, 1.807) is 0 Å². The summed E-state index contributed by atoms with van der Waals surface area (Å²) in [6.45, 7) is 0. The van der Waals surface area contributed by atoms with E-state index in [0.717, 1.165) is 24.6 Å². The molecule has 0 spiro atoms. The molecule has 0 unspecified atom stereocenters. The van der Waals surface area contributed by atoms with Crippen LogP contribution in [-0.2, 0) is 23.4 Å². The second-order valence-electron chi connectivity index (χ2n) is 5.73. The van der Waals surface area contributed by atoms with E-state index in [2.05, 4.69) is 4.37 Å². The smallest absolute Gasteiger partial charge is 0.292 e. The van der Waals surface area contributed by atoms with Crippen LogP contribution in [-0.4, -0.2) is 27.8 Å². The molecule has 2 heterocycles. The van der Waals surface area contributed by atoms with Crippen molar-refractivity contribution in [3.63, 3.8) is 0 Å². The third-order valence-corrected chi connectivity index (χ3v) is 5.07. The van der Waals surface area contributed by atoms with E-state index in [4.69, 9.17) is 5.14 Å². The molecule has 0 atom stereocenters. The zero-order valence-corrected chi connectivity index (χ0v) is 15.9. The van der Waals surface area contributed by atoms with E-state index in [1.165, 1.54) is 16.9 Å². The van der Waals surface area contributed by atoms with Crippen LogP contribution in [0.5, 0.6) is 0 Å². The molecule has 0 aliphatic rings. The van der Waals surface area contributed by atoms with Gasteiger partial charge in [0.25, 0.3) is 21.7 Å². The van der Waals surface area contributed by atoms with Crippen LogP contribution in [0.2, 0.25) is 0 Å². The lowest BCUT2D eigenvalue weighted by Gasteiger charge is -2.14. The minimum atomic E-state index is -4.91. The van der Waals surface area contributed by atoms with Gasteiger partial charge in [-0.25, -0.2) is 19.2 Å². The first-order valence-corrected chi connectivity index (χ1v) is 9.76. The van der Waals surface area contributed by atoms with Gasteiger partial charge < -0.3 is 0 Å². The molecule has 0 aliphatic heterocycles. The van der Waals surface area contributed by atoms with Gasteiger partial charge in [0.15, 0.2) is 5.69 Å². The van der Waals surface area contributed by atoms with Crippen molar-refractivity contribution in [2.45, 2.75) is 6.18 Å². The fraction of sp³-hybridized carbons (Fsp3) is 0.143. The number of amides is 1. The number of alkyl halides is 3. The van der Waals surface area contributed by atoms with Gasteiger partial charge in [0, 0.05) is 18.5 Å². The van der Waals surface area contributed by atoms with Crippen molar-refractivity contribution in [1.29, 1.82) is 0 Å². The van der Waals surface area contributed by atoms with Crippen LogP contribution < -0.4 is 21.1 Å². The molecule has 0 bridgehead atoms. The van der Waals surface area contributed by atoms with E-state index >= 15 is 0 Å². The molecule has 0 fully saturated rings. The summed E-state index contributed by atoms with van der Waals surface area (Å²) in [6.07, 6.45) is -4.91. The summed E-state index contributed by atoms with van der Waals surface area (Å²) in [5.74, 6) is -1.15. The number of nitrogens with one attached hydrogen (secondary N) is 1. The van der Waals surface area contributed by atoms with Gasteiger partial charge in [0.05, 0.1) is 10.4 Å². The number of carbonyl (C=O) groups excluding carboxylic acids is 1. The second kappa shape index (κ2) is 6.78. The SMILES string of the molecule is Cn1c(C(F)(F)F)cc(=O)n(-c2ccc3snc(C(=O)NS(N)(=O)=O)c3c2)c1=O. The second-order valence-corrected chi connectivity index (χ2v) is 7.83. The summed E-state index contributed by atoms with van der Waals surface area (Å²) < 4.78 is 67.5. The quantitative estimate of drug-likeness (QED) is 0.580. The van der Waals surface area contributed by atoms with E-state index in [0.29, 0.717) is 9.27 Å². The summed E-state index contributed by atoms with van der Waals surface area (Å²) in [7, 11) is -3.51. The Bertz CT molecular complexity index is 1370. The van der Waals surface area contributed by atoms with Gasteiger partial charge in [-0.05, 0) is 29.7 Å². The lowest BCUT2D eigenvalue weighted by molar-refractivity contribution is -0.144. The maximum absolute atomic E-state index is 13.0. The Kier molecular flexibility index (Phi) is 4.84. The molecule has 10 nitrogen and oxygen atoms in total. The standard InChI is InChI=1S/C14H10F3N5O5S2/c1-21-9(14(15,16)17)5-10(23)22(13(21)25)6-2-3-8-7(4-6)11(19-28-8)12(24)20-29(18,26)27/h2-5H,1H3,(H,20,24)(H2,18,26,27). The van der Waals surface area contributed by atoms with Gasteiger partial charge in [-0.1, -0.05) is 0 Å². The Morgan fingerprint density at radius 1 is 1.24 bits per heavy atom. The summed E-state index contributed by atoms with van der Waals surface area (Å²) in [5, 5.41) is 4.82. The maximum atomic E-state index is 13.0. The van der Waals surface area contributed by atoms with E-state index in [9.17, 15) is 36.0 Å². The van der Waals surface area contributed by atoms with Gasteiger partial charge >= 0.3 is 11.9 Å². The molecule has 0 saturated heterocycles. The molecule has 3 N–H and O–H groups in total. The third kappa shape index (κ3) is 3.92. The van der Waals surface area contributed by atoms with Crippen LogP contribution in [0.4, 0.5) is 13.2 Å². The number of hydrogen-bond donors (Lipinski definition) is 2. The summed E-state index contributed by atoms with van der Waals surface area (Å²) in [5.41, 5.74) is -4.41. The predicted octanol–water partition coefficient (Wildman–Crippen LogP) is 0.0980. The van der Waals surface area contributed by atoms with Crippen LogP contribution in [0.3, 0.4) is 0 Å². The molecule has 154 valence electrons. The van der Waals surface area contributed by atoms with Crippen molar-refractivity contribution in [2.24, 2.45) is 12.2 Å². The predicted molar refractivity (Wildman–Crippen MR) is 96.0 cm³/mol. The zero-order valence-electron chi connectivity index (χ0n) is 14.2. The van der Waals surface area contributed by atoms with E-state index < -0.39 is 39.2 Å². The highest BCUT2D eigenvalue weighted by molar-refractivity contribution is 7.87. The van der Waals surface area contributed by atoms with E-state index in [1.807, 2.05) is 0 Å². The van der Waals surface area contributed by atoms with Crippen molar-refractivity contribution >= 4 is 37.7 Å². The first-order chi connectivity index (χ1) is 13.3. The molecule has 15 heteroatoms. The van der Waals surface area contributed by atoms with Crippen LogP contribution in [0.25, 0.3) is 15.8 Å². The molecule has 1 aromatic carbocycles. The maximum Gasteiger partial charge on any atom is 0.431 e. The Balaban J connectivity index is 2.21. The lowest BCUT2D eigenvalue weighted by atomic mass is 10.2. The molecular formula is C14H10F3N5O5S2. The number of nitrogens with zero attached hydrogens (tertiary/aromatic N) is 3. The van der Waals surface area contributed by atoms with Crippen LogP contribution in [0.15, 0.2) is 33.9 Å². The van der Waals surface area contributed by atoms with Gasteiger partial charge in [-0.2, -0.15) is 26.0 Å². The highest BCUT2D eigenvalue weighted by Crippen LogP contribution is 2.28. The number of hydrogen-bond acceptors (Lipinski definition) is 7. The van der Waals surface area contributed by atoms with Crippen molar-refractivity contribution in [1.82, 2.24) is 18.2 Å². The molecule has 0 saturated carbocycles. The van der Waals surface area contributed by atoms with E-state index in [-0.39, 0.29) is 27.4 Å². The molecule has 2 aromatic heterocycles. The minimum Gasteiger partial charge on any atom is -0.292 e. The molecular weight excluding hydrogens is 439 g/mol. The van der Waals surface area contributed by atoms with Gasteiger partial charge in [-0.15, -0.1) is 0 Å². The normalized spacial score (nSPS) is 12.3. The van der Waals surface area contributed by atoms with Crippen molar-refractivity contribution in [3.05, 3.63) is 56.5 Å². The highest BCUT2D eigenvalue weighted by Gasteiger charge is 2.35. The molecule has 0 radical (unpaired) electrons. The van der Waals surface area contributed by atoms with Crippen molar-refractivity contribution < 1.29 is 26.4 Å². The number of rotatable bonds is 3. The Morgan fingerprint density at radius 2 is 1.90 bits per heavy atom.